The van der Waals surface area contributed by atoms with Gasteiger partial charge in [-0.15, -0.1) is 0 Å². The Labute approximate surface area is 155 Å². The van der Waals surface area contributed by atoms with E-state index in [-0.39, 0.29) is 6.61 Å². The topological polar surface area (TPSA) is 50.3 Å². The van der Waals surface area contributed by atoms with E-state index in [0.717, 1.165) is 16.5 Å². The molecule has 7 heteroatoms. The van der Waals surface area contributed by atoms with Crippen molar-refractivity contribution in [1.82, 2.24) is 14.9 Å². The molecule has 1 aromatic carbocycles. The van der Waals surface area contributed by atoms with Gasteiger partial charge in [-0.1, -0.05) is 11.6 Å². The minimum absolute atomic E-state index is 0.0650. The summed E-state index contributed by atoms with van der Waals surface area (Å²) in [6, 6.07) is 11.1. The molecule has 1 N–H and O–H groups in total. The van der Waals surface area contributed by atoms with Gasteiger partial charge < -0.3 is 10.1 Å². The second-order valence-corrected chi connectivity index (χ2v) is 7.04. The molecule has 5 nitrogen and oxygen atoms in total. The molecule has 0 saturated carbocycles. The standard InChI is InChI=1S/C19H18ClFN4O/c1-25-10-19(21,11-25)12-26-15-3-4-16-13(8-15)6-7-22-18(16)24-14-2-5-17(20)23-9-14/h2-9H,10-12H2,1H3,(H,22,24). The van der Waals surface area contributed by atoms with Crippen molar-refractivity contribution in [3.8, 4) is 5.75 Å². The fraction of sp³-hybridized carbons (Fsp3) is 0.263. The lowest BCUT2D eigenvalue weighted by atomic mass is 9.99. The van der Waals surface area contributed by atoms with Crippen LogP contribution in [0.1, 0.15) is 0 Å². The molecule has 0 spiro atoms. The molecule has 0 bridgehead atoms. The van der Waals surface area contributed by atoms with Crippen LogP contribution in [0.25, 0.3) is 10.8 Å². The number of benzene rings is 1. The summed E-state index contributed by atoms with van der Waals surface area (Å²) in [5.74, 6) is 1.36. The van der Waals surface area contributed by atoms with Gasteiger partial charge in [0.05, 0.1) is 11.9 Å². The highest BCUT2D eigenvalue weighted by Crippen LogP contribution is 2.29. The molecule has 4 rings (SSSR count). The van der Waals surface area contributed by atoms with E-state index in [1.54, 1.807) is 18.5 Å². The van der Waals surface area contributed by atoms with Gasteiger partial charge in [0.1, 0.15) is 23.3 Å². The van der Waals surface area contributed by atoms with Gasteiger partial charge in [0.25, 0.3) is 0 Å². The number of likely N-dealkylation sites (tertiary alicyclic amines) is 1. The Morgan fingerprint density at radius 3 is 2.81 bits per heavy atom. The molecule has 0 radical (unpaired) electrons. The summed E-state index contributed by atoms with van der Waals surface area (Å²) >= 11 is 5.81. The molecule has 1 saturated heterocycles. The van der Waals surface area contributed by atoms with Crippen molar-refractivity contribution in [3.63, 3.8) is 0 Å². The van der Waals surface area contributed by atoms with Gasteiger partial charge in [-0.25, -0.2) is 14.4 Å². The number of hydrogen-bond donors (Lipinski definition) is 1. The molecule has 26 heavy (non-hydrogen) atoms. The van der Waals surface area contributed by atoms with Crippen molar-refractivity contribution in [2.24, 2.45) is 0 Å². The third kappa shape index (κ3) is 3.57. The maximum absolute atomic E-state index is 14.3. The average Bonchev–Trinajstić information content (AvgIpc) is 2.61. The van der Waals surface area contributed by atoms with E-state index in [4.69, 9.17) is 16.3 Å². The van der Waals surface area contributed by atoms with Crippen LogP contribution in [0.5, 0.6) is 5.75 Å². The van der Waals surface area contributed by atoms with Crippen LogP contribution in [-0.4, -0.2) is 47.3 Å². The molecular formula is C19H18ClFN4O. The van der Waals surface area contributed by atoms with Crippen LogP contribution in [0.15, 0.2) is 48.8 Å². The lowest BCUT2D eigenvalue weighted by Crippen LogP contribution is -2.60. The number of nitrogens with one attached hydrogen (secondary N) is 1. The molecule has 0 unspecified atom stereocenters. The van der Waals surface area contributed by atoms with E-state index in [0.29, 0.717) is 29.8 Å². The van der Waals surface area contributed by atoms with Crippen molar-refractivity contribution >= 4 is 33.9 Å². The maximum atomic E-state index is 14.3. The summed E-state index contributed by atoms with van der Waals surface area (Å²) in [7, 11) is 1.89. The smallest absolute Gasteiger partial charge is 0.169 e. The zero-order valence-corrected chi connectivity index (χ0v) is 15.0. The van der Waals surface area contributed by atoms with Crippen LogP contribution in [0.3, 0.4) is 0 Å². The van der Waals surface area contributed by atoms with Crippen molar-refractivity contribution in [2.45, 2.75) is 5.67 Å². The van der Waals surface area contributed by atoms with Crippen molar-refractivity contribution in [1.29, 1.82) is 0 Å². The van der Waals surface area contributed by atoms with Crippen LogP contribution in [-0.2, 0) is 0 Å². The maximum Gasteiger partial charge on any atom is 0.169 e. The second kappa shape index (κ2) is 6.70. The number of fused-ring (bicyclic) bond motifs is 1. The number of nitrogens with zero attached hydrogens (tertiary/aromatic N) is 3. The van der Waals surface area contributed by atoms with E-state index in [1.807, 2.05) is 42.3 Å². The molecule has 3 heterocycles. The number of alkyl halides is 1. The van der Waals surface area contributed by atoms with Crippen molar-refractivity contribution < 1.29 is 9.13 Å². The first-order valence-electron chi connectivity index (χ1n) is 8.28. The molecule has 1 aliphatic heterocycles. The minimum Gasteiger partial charge on any atom is -0.490 e. The lowest BCUT2D eigenvalue weighted by Gasteiger charge is -2.41. The molecule has 1 aliphatic rings. The Morgan fingerprint density at radius 2 is 2.08 bits per heavy atom. The SMILES string of the molecule is CN1CC(F)(COc2ccc3c(Nc4ccc(Cl)nc4)nccc3c2)C1. The molecule has 134 valence electrons. The summed E-state index contributed by atoms with van der Waals surface area (Å²) in [6.07, 6.45) is 3.37. The normalized spacial score (nSPS) is 16.3. The van der Waals surface area contributed by atoms with Gasteiger partial charge in [0.15, 0.2) is 5.67 Å². The zero-order chi connectivity index (χ0) is 18.1. The number of rotatable bonds is 5. The third-order valence-electron chi connectivity index (χ3n) is 4.33. The highest BCUT2D eigenvalue weighted by Gasteiger charge is 2.42. The quantitative estimate of drug-likeness (QED) is 0.684. The van der Waals surface area contributed by atoms with Crippen LogP contribution in [0, 0.1) is 0 Å². The molecular weight excluding hydrogens is 355 g/mol. The summed E-state index contributed by atoms with van der Waals surface area (Å²) in [6.45, 7) is 0.886. The van der Waals surface area contributed by atoms with Crippen molar-refractivity contribution in [3.05, 3.63) is 53.9 Å². The summed E-state index contributed by atoms with van der Waals surface area (Å²) < 4.78 is 20.0. The van der Waals surface area contributed by atoms with Crippen molar-refractivity contribution in [2.75, 3.05) is 32.1 Å². The van der Waals surface area contributed by atoms with E-state index in [2.05, 4.69) is 15.3 Å². The first kappa shape index (κ1) is 17.0. The number of pyridine rings is 2. The highest BCUT2D eigenvalue weighted by atomic mass is 35.5. The Kier molecular flexibility index (Phi) is 4.38. The van der Waals surface area contributed by atoms with Gasteiger partial charge in [0, 0.05) is 24.7 Å². The Bertz CT molecular complexity index is 928. The molecule has 3 aromatic rings. The Morgan fingerprint density at radius 1 is 1.23 bits per heavy atom. The van der Waals surface area contributed by atoms with Gasteiger partial charge in [0.2, 0.25) is 0 Å². The summed E-state index contributed by atoms with van der Waals surface area (Å²) in [5.41, 5.74) is -0.459. The molecule has 0 aliphatic carbocycles. The first-order chi connectivity index (χ1) is 12.5. The Hall–Kier alpha value is -2.44. The number of anilines is 2. The number of hydrogen-bond acceptors (Lipinski definition) is 5. The minimum atomic E-state index is -1.25. The Balaban J connectivity index is 1.52. The van der Waals surface area contributed by atoms with E-state index in [1.165, 1.54) is 0 Å². The number of halogens is 2. The molecule has 2 aromatic heterocycles. The summed E-state index contributed by atoms with van der Waals surface area (Å²) in [4.78, 5) is 10.4. The fourth-order valence-corrected chi connectivity index (χ4v) is 3.27. The highest BCUT2D eigenvalue weighted by molar-refractivity contribution is 6.29. The summed E-state index contributed by atoms with van der Waals surface area (Å²) in [5, 5.41) is 5.57. The van der Waals surface area contributed by atoms with Gasteiger partial charge in [-0.05, 0) is 48.8 Å². The van der Waals surface area contributed by atoms with E-state index >= 15 is 0 Å². The largest absolute Gasteiger partial charge is 0.490 e. The van der Waals surface area contributed by atoms with Crippen LogP contribution in [0.2, 0.25) is 5.15 Å². The lowest BCUT2D eigenvalue weighted by molar-refractivity contribution is -0.0465. The monoisotopic (exact) mass is 372 g/mol. The molecule has 0 amide bonds. The third-order valence-corrected chi connectivity index (χ3v) is 4.55. The van der Waals surface area contributed by atoms with Crippen LogP contribution in [0.4, 0.5) is 15.9 Å². The van der Waals surface area contributed by atoms with Crippen LogP contribution >= 0.6 is 11.6 Å². The molecule has 0 atom stereocenters. The second-order valence-electron chi connectivity index (χ2n) is 6.65. The fourth-order valence-electron chi connectivity index (χ4n) is 3.16. The average molecular weight is 373 g/mol. The predicted octanol–water partition coefficient (Wildman–Crippen LogP) is 4.06. The van der Waals surface area contributed by atoms with Gasteiger partial charge >= 0.3 is 0 Å². The van der Waals surface area contributed by atoms with E-state index in [9.17, 15) is 4.39 Å². The number of aromatic nitrogens is 2. The van der Waals surface area contributed by atoms with Crippen LogP contribution < -0.4 is 10.1 Å². The van der Waals surface area contributed by atoms with Gasteiger partial charge in [-0.3, -0.25) is 4.90 Å². The zero-order valence-electron chi connectivity index (χ0n) is 14.2. The first-order valence-corrected chi connectivity index (χ1v) is 8.66. The predicted molar refractivity (Wildman–Crippen MR) is 101 cm³/mol. The van der Waals surface area contributed by atoms with Gasteiger partial charge in [-0.2, -0.15) is 0 Å². The van der Waals surface area contributed by atoms with E-state index < -0.39 is 5.67 Å². The molecule has 1 fully saturated rings. The number of ether oxygens (including phenoxy) is 1.